The van der Waals surface area contributed by atoms with Gasteiger partial charge in [0.15, 0.2) is 0 Å². The highest BCUT2D eigenvalue weighted by Crippen LogP contribution is 2.51. The zero-order valence-electron chi connectivity index (χ0n) is 13.9. The molecule has 0 bridgehead atoms. The number of benzene rings is 1. The van der Waals surface area contributed by atoms with Gasteiger partial charge in [-0.15, -0.1) is 0 Å². The van der Waals surface area contributed by atoms with Gasteiger partial charge in [-0.2, -0.15) is 0 Å². The SMILES string of the molecule is CCO[C@@H]1C[C@@](NC(=O)c2ccc(OC)cc2)(C(=O)O)C1(C)C. The van der Waals surface area contributed by atoms with Crippen LogP contribution in [0, 0.1) is 5.41 Å². The summed E-state index contributed by atoms with van der Waals surface area (Å²) in [6.07, 6.45) is 0.0604. The highest BCUT2D eigenvalue weighted by molar-refractivity contribution is 5.98. The summed E-state index contributed by atoms with van der Waals surface area (Å²) < 4.78 is 10.6. The van der Waals surface area contributed by atoms with Crippen LogP contribution in [-0.4, -0.2) is 42.3 Å². The molecule has 1 amide bonds. The van der Waals surface area contributed by atoms with Crippen LogP contribution >= 0.6 is 0 Å². The van der Waals surface area contributed by atoms with E-state index in [1.807, 2.05) is 6.92 Å². The minimum Gasteiger partial charge on any atom is -0.497 e. The first-order valence-electron chi connectivity index (χ1n) is 7.60. The van der Waals surface area contributed by atoms with Crippen molar-refractivity contribution in [2.75, 3.05) is 13.7 Å². The maximum Gasteiger partial charge on any atom is 0.330 e. The summed E-state index contributed by atoms with van der Waals surface area (Å²) in [4.78, 5) is 24.3. The molecule has 23 heavy (non-hydrogen) atoms. The molecular weight excluding hydrogens is 298 g/mol. The van der Waals surface area contributed by atoms with Crippen molar-refractivity contribution >= 4 is 11.9 Å². The number of methoxy groups -OCH3 is 1. The van der Waals surface area contributed by atoms with Crippen LogP contribution in [0.5, 0.6) is 5.75 Å². The third-order valence-electron chi connectivity index (χ3n) is 4.81. The lowest BCUT2D eigenvalue weighted by molar-refractivity contribution is -0.190. The molecule has 0 unspecified atom stereocenters. The number of nitrogens with one attached hydrogen (secondary N) is 1. The smallest absolute Gasteiger partial charge is 0.330 e. The number of carboxylic acid groups (broad SMARTS) is 1. The number of carbonyl (C=O) groups is 2. The van der Waals surface area contributed by atoms with Gasteiger partial charge in [-0.25, -0.2) is 4.79 Å². The fraction of sp³-hybridized carbons (Fsp3) is 0.529. The standard InChI is InChI=1S/C17H23NO5/c1-5-23-13-10-17(15(20)21,16(13,2)3)18-14(19)11-6-8-12(22-4)9-7-11/h6-9,13H,5,10H2,1-4H3,(H,18,19)(H,20,21)/t13-,17-/m1/s1. The van der Waals surface area contributed by atoms with Crippen LogP contribution in [0.1, 0.15) is 37.6 Å². The van der Waals surface area contributed by atoms with Crippen LogP contribution in [0.15, 0.2) is 24.3 Å². The summed E-state index contributed by atoms with van der Waals surface area (Å²) in [5.41, 5.74) is -1.64. The van der Waals surface area contributed by atoms with Crippen molar-refractivity contribution in [3.63, 3.8) is 0 Å². The van der Waals surface area contributed by atoms with E-state index in [-0.39, 0.29) is 12.5 Å². The largest absolute Gasteiger partial charge is 0.497 e. The summed E-state index contributed by atoms with van der Waals surface area (Å²) >= 11 is 0. The quantitative estimate of drug-likeness (QED) is 0.838. The Hall–Kier alpha value is -2.08. The first kappa shape index (κ1) is 17.3. The minimum absolute atomic E-state index is 0.195. The molecule has 1 saturated carbocycles. The van der Waals surface area contributed by atoms with Gasteiger partial charge in [0.25, 0.3) is 5.91 Å². The second-order valence-electron chi connectivity index (χ2n) is 6.26. The molecule has 1 fully saturated rings. The fourth-order valence-corrected chi connectivity index (χ4v) is 3.05. The zero-order chi connectivity index (χ0) is 17.3. The average molecular weight is 321 g/mol. The van der Waals surface area contributed by atoms with Crippen molar-refractivity contribution < 1.29 is 24.2 Å². The van der Waals surface area contributed by atoms with Crippen LogP contribution in [-0.2, 0) is 9.53 Å². The van der Waals surface area contributed by atoms with Gasteiger partial charge in [-0.1, -0.05) is 13.8 Å². The zero-order valence-corrected chi connectivity index (χ0v) is 13.9. The molecule has 2 atom stereocenters. The van der Waals surface area contributed by atoms with Crippen LogP contribution < -0.4 is 10.1 Å². The number of hydrogen-bond donors (Lipinski definition) is 2. The van der Waals surface area contributed by atoms with Crippen LogP contribution in [0.3, 0.4) is 0 Å². The number of ether oxygens (including phenoxy) is 2. The molecule has 126 valence electrons. The molecule has 0 saturated heterocycles. The minimum atomic E-state index is -1.33. The summed E-state index contributed by atoms with van der Waals surface area (Å²) in [6, 6.07) is 6.54. The monoisotopic (exact) mass is 321 g/mol. The molecule has 2 N–H and O–H groups in total. The van der Waals surface area contributed by atoms with Gasteiger partial charge in [-0.05, 0) is 31.2 Å². The predicted molar refractivity (Wildman–Crippen MR) is 84.6 cm³/mol. The molecule has 1 aliphatic carbocycles. The van der Waals surface area contributed by atoms with Gasteiger partial charge in [0.1, 0.15) is 11.3 Å². The van der Waals surface area contributed by atoms with Crippen LogP contribution in [0.25, 0.3) is 0 Å². The number of hydrogen-bond acceptors (Lipinski definition) is 4. The topological polar surface area (TPSA) is 84.9 Å². The number of carbonyl (C=O) groups excluding carboxylic acids is 1. The van der Waals surface area contributed by atoms with Gasteiger partial charge in [0.05, 0.1) is 13.2 Å². The normalized spacial score (nSPS) is 25.3. The summed E-state index contributed by atoms with van der Waals surface area (Å²) in [6.45, 7) is 5.99. The molecule has 2 rings (SSSR count). The van der Waals surface area contributed by atoms with E-state index in [2.05, 4.69) is 5.32 Å². The second-order valence-corrected chi connectivity index (χ2v) is 6.26. The number of rotatable bonds is 6. The van der Waals surface area contributed by atoms with E-state index in [1.54, 1.807) is 45.2 Å². The van der Waals surface area contributed by atoms with Crippen molar-refractivity contribution in [3.05, 3.63) is 29.8 Å². The molecule has 6 heteroatoms. The third kappa shape index (κ3) is 2.79. The van der Waals surface area contributed by atoms with Gasteiger partial charge < -0.3 is 19.9 Å². The molecule has 0 heterocycles. The van der Waals surface area contributed by atoms with Crippen LogP contribution in [0.2, 0.25) is 0 Å². The average Bonchev–Trinajstić information content (AvgIpc) is 2.53. The maximum absolute atomic E-state index is 12.5. The molecule has 0 aromatic heterocycles. The lowest BCUT2D eigenvalue weighted by atomic mass is 9.54. The lowest BCUT2D eigenvalue weighted by Gasteiger charge is -2.58. The lowest BCUT2D eigenvalue weighted by Crippen LogP contribution is -2.76. The first-order chi connectivity index (χ1) is 10.8. The van der Waals surface area contributed by atoms with E-state index in [1.165, 1.54) is 0 Å². The molecule has 6 nitrogen and oxygen atoms in total. The van der Waals surface area contributed by atoms with Gasteiger partial charge in [-0.3, -0.25) is 4.79 Å². The third-order valence-corrected chi connectivity index (χ3v) is 4.81. The van der Waals surface area contributed by atoms with E-state index < -0.39 is 22.8 Å². The van der Waals surface area contributed by atoms with Crippen molar-refractivity contribution in [2.45, 2.75) is 38.8 Å². The molecule has 1 aromatic rings. The Balaban J connectivity index is 2.20. The van der Waals surface area contributed by atoms with E-state index in [4.69, 9.17) is 9.47 Å². The van der Waals surface area contributed by atoms with E-state index in [0.29, 0.717) is 17.9 Å². The van der Waals surface area contributed by atoms with E-state index in [0.717, 1.165) is 0 Å². The summed E-state index contributed by atoms with van der Waals surface area (Å²) in [5, 5.41) is 12.4. The fourth-order valence-electron chi connectivity index (χ4n) is 3.05. The predicted octanol–water partition coefficient (Wildman–Crippen LogP) is 2.08. The molecular formula is C17H23NO5. The van der Waals surface area contributed by atoms with Crippen LogP contribution in [0.4, 0.5) is 0 Å². The maximum atomic E-state index is 12.5. The van der Waals surface area contributed by atoms with Crippen molar-refractivity contribution in [3.8, 4) is 5.75 Å². The molecule has 0 radical (unpaired) electrons. The Labute approximate surface area is 135 Å². The number of carboxylic acids is 1. The first-order valence-corrected chi connectivity index (χ1v) is 7.60. The van der Waals surface area contributed by atoms with Crippen molar-refractivity contribution in [1.29, 1.82) is 0 Å². The second kappa shape index (κ2) is 6.20. The highest BCUT2D eigenvalue weighted by atomic mass is 16.5. The van der Waals surface area contributed by atoms with Crippen molar-refractivity contribution in [1.82, 2.24) is 5.32 Å². The molecule has 1 aliphatic rings. The number of amides is 1. The Kier molecular flexibility index (Phi) is 4.66. The van der Waals surface area contributed by atoms with Crippen molar-refractivity contribution in [2.24, 2.45) is 5.41 Å². The van der Waals surface area contributed by atoms with Gasteiger partial charge >= 0.3 is 5.97 Å². The van der Waals surface area contributed by atoms with Gasteiger partial charge in [0, 0.05) is 24.0 Å². The molecule has 0 spiro atoms. The van der Waals surface area contributed by atoms with Gasteiger partial charge in [0.2, 0.25) is 0 Å². The van der Waals surface area contributed by atoms with E-state index >= 15 is 0 Å². The summed E-state index contributed by atoms with van der Waals surface area (Å²) in [7, 11) is 1.54. The Morgan fingerprint density at radius 2 is 1.91 bits per heavy atom. The molecule has 0 aliphatic heterocycles. The molecule has 1 aromatic carbocycles. The number of aliphatic carboxylic acids is 1. The van der Waals surface area contributed by atoms with E-state index in [9.17, 15) is 14.7 Å². The Morgan fingerprint density at radius 1 is 1.30 bits per heavy atom. The highest BCUT2D eigenvalue weighted by Gasteiger charge is 2.66. The Bertz CT molecular complexity index is 596. The Morgan fingerprint density at radius 3 is 2.35 bits per heavy atom. The summed E-state index contributed by atoms with van der Waals surface area (Å²) in [5.74, 6) is -0.826.